The number of thiophene rings is 1. The van der Waals surface area contributed by atoms with Crippen molar-refractivity contribution in [2.75, 3.05) is 11.5 Å². The third-order valence-electron chi connectivity index (χ3n) is 2.15. The Bertz CT molecular complexity index is 221. The summed E-state index contributed by atoms with van der Waals surface area (Å²) in [5.41, 5.74) is 1.36. The van der Waals surface area contributed by atoms with Crippen molar-refractivity contribution in [3.63, 3.8) is 0 Å². The van der Waals surface area contributed by atoms with Gasteiger partial charge in [0.2, 0.25) is 0 Å². The van der Waals surface area contributed by atoms with Gasteiger partial charge in [0, 0.05) is 0 Å². The smallest absolute Gasteiger partial charge is 0.0551 e. The van der Waals surface area contributed by atoms with Crippen LogP contribution in [-0.4, -0.2) is 22.7 Å². The molecule has 1 aromatic rings. The van der Waals surface area contributed by atoms with Gasteiger partial charge in [-0.15, -0.1) is 0 Å². The fraction of sp³-hybridized carbons (Fsp3) is 0.636. The van der Waals surface area contributed by atoms with Crippen molar-refractivity contribution in [2.24, 2.45) is 0 Å². The van der Waals surface area contributed by atoms with Crippen LogP contribution < -0.4 is 0 Å². The van der Waals surface area contributed by atoms with Gasteiger partial charge in [0.15, 0.2) is 0 Å². The lowest BCUT2D eigenvalue weighted by Crippen LogP contribution is -2.08. The zero-order valence-electron chi connectivity index (χ0n) is 8.61. The molecular weight excluding hydrogens is 212 g/mol. The normalized spacial score (nSPS) is 13.0. The molecule has 3 heteroatoms. The molecule has 0 saturated carbocycles. The van der Waals surface area contributed by atoms with E-state index in [4.69, 9.17) is 0 Å². The molecule has 1 heterocycles. The molecule has 1 unspecified atom stereocenters. The minimum absolute atomic E-state index is 0.117. The van der Waals surface area contributed by atoms with Gasteiger partial charge < -0.3 is 5.11 Å². The van der Waals surface area contributed by atoms with Crippen molar-refractivity contribution in [1.29, 1.82) is 0 Å². The summed E-state index contributed by atoms with van der Waals surface area (Å²) in [7, 11) is 0. The molecule has 14 heavy (non-hydrogen) atoms. The second-order valence-corrected chi connectivity index (χ2v) is 5.48. The zero-order chi connectivity index (χ0) is 10.2. The van der Waals surface area contributed by atoms with Gasteiger partial charge in [-0.2, -0.15) is 23.1 Å². The van der Waals surface area contributed by atoms with Crippen LogP contribution in [0.3, 0.4) is 0 Å². The first-order valence-corrected chi connectivity index (χ1v) is 7.19. The summed E-state index contributed by atoms with van der Waals surface area (Å²) < 4.78 is 0. The van der Waals surface area contributed by atoms with E-state index in [2.05, 4.69) is 23.8 Å². The lowest BCUT2D eigenvalue weighted by molar-refractivity contribution is 0.162. The number of rotatable bonds is 7. The summed E-state index contributed by atoms with van der Waals surface area (Å²) in [5, 5.41) is 13.9. The van der Waals surface area contributed by atoms with Crippen LogP contribution in [0.4, 0.5) is 0 Å². The Kier molecular flexibility index (Phi) is 6.32. The number of hydrogen-bond donors (Lipinski definition) is 1. The molecule has 0 aliphatic heterocycles. The first-order valence-electron chi connectivity index (χ1n) is 5.09. The second kappa shape index (κ2) is 7.32. The van der Waals surface area contributed by atoms with Crippen molar-refractivity contribution < 1.29 is 5.11 Å². The zero-order valence-corrected chi connectivity index (χ0v) is 10.2. The Labute approximate surface area is 94.5 Å². The van der Waals surface area contributed by atoms with E-state index in [-0.39, 0.29) is 6.10 Å². The van der Waals surface area contributed by atoms with Gasteiger partial charge in [0.05, 0.1) is 6.10 Å². The fourth-order valence-electron chi connectivity index (χ4n) is 1.28. The van der Waals surface area contributed by atoms with Crippen LogP contribution >= 0.6 is 23.1 Å². The van der Waals surface area contributed by atoms with Crippen LogP contribution in [-0.2, 0) is 6.42 Å². The van der Waals surface area contributed by atoms with Gasteiger partial charge in [0.25, 0.3) is 0 Å². The van der Waals surface area contributed by atoms with Gasteiger partial charge in [-0.1, -0.05) is 6.92 Å². The number of aryl methyl sites for hydroxylation is 1. The highest BCUT2D eigenvalue weighted by molar-refractivity contribution is 7.99. The predicted molar refractivity (Wildman–Crippen MR) is 66.3 cm³/mol. The van der Waals surface area contributed by atoms with E-state index in [1.807, 2.05) is 11.8 Å². The van der Waals surface area contributed by atoms with Crippen molar-refractivity contribution in [3.05, 3.63) is 22.4 Å². The highest BCUT2D eigenvalue weighted by Gasteiger charge is 2.04. The van der Waals surface area contributed by atoms with Crippen LogP contribution in [0.15, 0.2) is 16.8 Å². The van der Waals surface area contributed by atoms with E-state index in [1.165, 1.54) is 5.56 Å². The quantitative estimate of drug-likeness (QED) is 0.726. The third kappa shape index (κ3) is 5.03. The molecule has 1 nitrogen and oxygen atoms in total. The maximum atomic E-state index is 9.66. The Morgan fingerprint density at radius 3 is 3.00 bits per heavy atom. The minimum atomic E-state index is -0.117. The molecule has 0 aliphatic carbocycles. The summed E-state index contributed by atoms with van der Waals surface area (Å²) >= 11 is 3.63. The van der Waals surface area contributed by atoms with Gasteiger partial charge in [-0.25, -0.2) is 0 Å². The average molecular weight is 230 g/mol. The standard InChI is InChI=1S/C11H18OS2/c1-2-13-8-6-11(12)4-3-10-5-7-14-9-10/h5,7,9,11-12H,2-4,6,8H2,1H3. The average Bonchev–Trinajstić information content (AvgIpc) is 2.68. The molecule has 80 valence electrons. The van der Waals surface area contributed by atoms with Crippen molar-refractivity contribution in [1.82, 2.24) is 0 Å². The fourth-order valence-corrected chi connectivity index (χ4v) is 2.71. The van der Waals surface area contributed by atoms with Gasteiger partial charge in [-0.3, -0.25) is 0 Å². The molecule has 0 aromatic carbocycles. The lowest BCUT2D eigenvalue weighted by atomic mass is 10.1. The summed E-state index contributed by atoms with van der Waals surface area (Å²) in [6, 6.07) is 2.14. The maximum Gasteiger partial charge on any atom is 0.0551 e. The molecule has 0 bridgehead atoms. The van der Waals surface area contributed by atoms with E-state index in [9.17, 15) is 5.11 Å². The van der Waals surface area contributed by atoms with Gasteiger partial charge >= 0.3 is 0 Å². The Hall–Kier alpha value is 0.01000. The number of aliphatic hydroxyl groups is 1. The molecular formula is C11H18OS2. The molecule has 0 saturated heterocycles. The Morgan fingerprint density at radius 2 is 2.36 bits per heavy atom. The monoisotopic (exact) mass is 230 g/mol. The predicted octanol–water partition coefficient (Wildman–Crippen LogP) is 3.18. The highest BCUT2D eigenvalue weighted by Crippen LogP contribution is 2.12. The minimum Gasteiger partial charge on any atom is -0.393 e. The van der Waals surface area contributed by atoms with Crippen LogP contribution in [0.2, 0.25) is 0 Å². The molecule has 0 aliphatic rings. The third-order valence-corrected chi connectivity index (χ3v) is 3.81. The van der Waals surface area contributed by atoms with E-state index in [0.717, 1.165) is 30.8 Å². The van der Waals surface area contributed by atoms with Crippen molar-refractivity contribution in [3.8, 4) is 0 Å². The summed E-state index contributed by atoms with van der Waals surface area (Å²) in [5.74, 6) is 2.23. The summed E-state index contributed by atoms with van der Waals surface area (Å²) in [6.07, 6.45) is 2.74. The van der Waals surface area contributed by atoms with E-state index >= 15 is 0 Å². The van der Waals surface area contributed by atoms with E-state index in [1.54, 1.807) is 11.3 Å². The molecule has 1 atom stereocenters. The maximum absolute atomic E-state index is 9.66. The molecule has 0 amide bonds. The second-order valence-electron chi connectivity index (χ2n) is 3.31. The topological polar surface area (TPSA) is 20.2 Å². The Morgan fingerprint density at radius 1 is 1.50 bits per heavy atom. The van der Waals surface area contributed by atoms with Crippen LogP contribution in [0.5, 0.6) is 0 Å². The molecule has 0 radical (unpaired) electrons. The SMILES string of the molecule is CCSCCC(O)CCc1ccsc1. The first kappa shape index (κ1) is 12.1. The molecule has 0 spiro atoms. The van der Waals surface area contributed by atoms with Crippen LogP contribution in [0.25, 0.3) is 0 Å². The molecule has 1 rings (SSSR count). The lowest BCUT2D eigenvalue weighted by Gasteiger charge is -2.08. The first-order chi connectivity index (χ1) is 6.83. The van der Waals surface area contributed by atoms with Crippen molar-refractivity contribution >= 4 is 23.1 Å². The molecule has 1 N–H and O–H groups in total. The highest BCUT2D eigenvalue weighted by atomic mass is 32.2. The van der Waals surface area contributed by atoms with Crippen LogP contribution in [0, 0.1) is 0 Å². The van der Waals surface area contributed by atoms with Gasteiger partial charge in [-0.05, 0) is 53.2 Å². The van der Waals surface area contributed by atoms with Gasteiger partial charge in [0.1, 0.15) is 0 Å². The Balaban J connectivity index is 2.06. The van der Waals surface area contributed by atoms with Crippen LogP contribution in [0.1, 0.15) is 25.3 Å². The summed E-state index contributed by atoms with van der Waals surface area (Å²) in [4.78, 5) is 0. The van der Waals surface area contributed by atoms with Crippen molar-refractivity contribution in [2.45, 2.75) is 32.3 Å². The molecule has 1 aromatic heterocycles. The largest absolute Gasteiger partial charge is 0.393 e. The van der Waals surface area contributed by atoms with E-state index in [0.29, 0.717) is 0 Å². The molecule has 0 fully saturated rings. The number of thioether (sulfide) groups is 1. The van der Waals surface area contributed by atoms with E-state index < -0.39 is 0 Å². The number of aliphatic hydroxyl groups excluding tert-OH is 1. The summed E-state index contributed by atoms with van der Waals surface area (Å²) in [6.45, 7) is 2.16. The number of hydrogen-bond acceptors (Lipinski definition) is 3.